The van der Waals surface area contributed by atoms with Crippen molar-refractivity contribution in [1.82, 2.24) is 0 Å². The van der Waals surface area contributed by atoms with E-state index in [0.29, 0.717) is 25.2 Å². The van der Waals surface area contributed by atoms with Crippen molar-refractivity contribution in [2.24, 2.45) is 5.11 Å². The monoisotopic (exact) mass is 211 g/mol. The van der Waals surface area contributed by atoms with Gasteiger partial charge in [0, 0.05) is 11.3 Å². The molecule has 0 atom stereocenters. The Labute approximate surface area is 87.5 Å². The second kappa shape index (κ2) is 6.19. The molecule has 0 unspecified atom stereocenters. The summed E-state index contributed by atoms with van der Waals surface area (Å²) in [6.07, 6.45) is 2.73. The van der Waals surface area contributed by atoms with Crippen molar-refractivity contribution in [2.75, 3.05) is 13.2 Å². The predicted octanol–water partition coefficient (Wildman–Crippen LogP) is 1.57. The van der Waals surface area contributed by atoms with Crippen molar-refractivity contribution >= 4 is 6.29 Å². The van der Waals surface area contributed by atoms with Crippen molar-refractivity contribution in [2.45, 2.75) is 25.7 Å². The third kappa shape index (κ3) is 4.12. The van der Waals surface area contributed by atoms with Gasteiger partial charge in [-0.15, -0.1) is 0 Å². The maximum atomic E-state index is 10.3. The quantitative estimate of drug-likeness (QED) is 0.232. The summed E-state index contributed by atoms with van der Waals surface area (Å²) in [5.41, 5.74) is 8.84. The molecule has 1 heterocycles. The SMILES string of the molecule is C/C(C=O)=C\CC1OCC(N=[N+]=[N-])CO1. The highest BCUT2D eigenvalue weighted by molar-refractivity contribution is 5.71. The number of carbonyl (C=O) groups excluding carboxylic acids is 1. The minimum Gasteiger partial charge on any atom is -0.352 e. The van der Waals surface area contributed by atoms with Crippen molar-refractivity contribution < 1.29 is 14.3 Å². The van der Waals surface area contributed by atoms with Gasteiger partial charge in [0.05, 0.1) is 19.3 Å². The Kier molecular flexibility index (Phi) is 4.83. The lowest BCUT2D eigenvalue weighted by molar-refractivity contribution is -0.182. The molecule has 6 heteroatoms. The molecule has 0 aromatic carbocycles. The van der Waals surface area contributed by atoms with Crippen LogP contribution in [-0.2, 0) is 14.3 Å². The first-order valence-electron chi connectivity index (χ1n) is 4.65. The van der Waals surface area contributed by atoms with E-state index < -0.39 is 0 Å². The molecule has 1 aliphatic heterocycles. The Bertz CT molecular complexity index is 289. The van der Waals surface area contributed by atoms with Gasteiger partial charge in [0.15, 0.2) is 6.29 Å². The van der Waals surface area contributed by atoms with Crippen LogP contribution >= 0.6 is 0 Å². The number of nitrogens with zero attached hydrogens (tertiary/aromatic N) is 3. The third-order valence-corrected chi connectivity index (χ3v) is 1.98. The molecule has 6 nitrogen and oxygen atoms in total. The molecule has 0 N–H and O–H groups in total. The van der Waals surface area contributed by atoms with Gasteiger partial charge < -0.3 is 9.47 Å². The fourth-order valence-corrected chi connectivity index (χ4v) is 1.14. The van der Waals surface area contributed by atoms with E-state index in [2.05, 4.69) is 10.0 Å². The predicted molar refractivity (Wildman–Crippen MR) is 53.1 cm³/mol. The summed E-state index contributed by atoms with van der Waals surface area (Å²) >= 11 is 0. The number of aldehydes is 1. The molecule has 15 heavy (non-hydrogen) atoms. The zero-order chi connectivity index (χ0) is 11.1. The average Bonchev–Trinajstić information content (AvgIpc) is 2.28. The van der Waals surface area contributed by atoms with Crippen molar-refractivity contribution in [3.63, 3.8) is 0 Å². The van der Waals surface area contributed by atoms with Crippen LogP contribution in [0.1, 0.15) is 13.3 Å². The zero-order valence-corrected chi connectivity index (χ0v) is 8.50. The summed E-state index contributed by atoms with van der Waals surface area (Å²) in [6.45, 7) is 2.45. The summed E-state index contributed by atoms with van der Waals surface area (Å²) < 4.78 is 10.6. The molecule has 1 fully saturated rings. The minimum absolute atomic E-state index is 0.248. The maximum absolute atomic E-state index is 10.3. The van der Waals surface area contributed by atoms with Gasteiger partial charge in [-0.1, -0.05) is 11.2 Å². The lowest BCUT2D eigenvalue weighted by Gasteiger charge is -2.26. The molecule has 1 aliphatic rings. The van der Waals surface area contributed by atoms with Crippen molar-refractivity contribution in [1.29, 1.82) is 0 Å². The van der Waals surface area contributed by atoms with Crippen LogP contribution in [-0.4, -0.2) is 31.8 Å². The van der Waals surface area contributed by atoms with Crippen LogP contribution in [0.2, 0.25) is 0 Å². The number of azide groups is 1. The molecule has 0 radical (unpaired) electrons. The maximum Gasteiger partial charge on any atom is 0.161 e. The first-order valence-corrected chi connectivity index (χ1v) is 4.65. The van der Waals surface area contributed by atoms with Gasteiger partial charge in [0.2, 0.25) is 0 Å². The molecule has 0 bridgehead atoms. The highest BCUT2D eigenvalue weighted by atomic mass is 16.7. The molecule has 0 saturated carbocycles. The van der Waals surface area contributed by atoms with E-state index in [1.807, 2.05) is 0 Å². The lowest BCUT2D eigenvalue weighted by Crippen LogP contribution is -2.34. The number of ether oxygens (including phenoxy) is 2. The highest BCUT2D eigenvalue weighted by Gasteiger charge is 2.20. The first-order chi connectivity index (χ1) is 7.26. The zero-order valence-electron chi connectivity index (χ0n) is 8.50. The van der Waals surface area contributed by atoms with Crippen LogP contribution < -0.4 is 0 Å². The second-order valence-electron chi connectivity index (χ2n) is 3.26. The van der Waals surface area contributed by atoms with Gasteiger partial charge in [0.1, 0.15) is 6.29 Å². The molecule has 82 valence electrons. The summed E-state index contributed by atoms with van der Waals surface area (Å²) in [6, 6.07) is -0.248. The summed E-state index contributed by atoms with van der Waals surface area (Å²) in [5.74, 6) is 0. The fourth-order valence-electron chi connectivity index (χ4n) is 1.14. The number of hydrogen-bond acceptors (Lipinski definition) is 4. The Balaban J connectivity index is 2.31. The summed E-state index contributed by atoms with van der Waals surface area (Å²) in [4.78, 5) is 13.0. The molecular formula is C9H13N3O3. The van der Waals surface area contributed by atoms with E-state index in [1.165, 1.54) is 0 Å². The Morgan fingerprint density at radius 1 is 1.60 bits per heavy atom. The van der Waals surface area contributed by atoms with Gasteiger partial charge in [-0.2, -0.15) is 0 Å². The molecule has 0 aromatic heterocycles. The molecule has 1 rings (SSSR count). The third-order valence-electron chi connectivity index (χ3n) is 1.98. The van der Waals surface area contributed by atoms with Gasteiger partial charge in [-0.25, -0.2) is 0 Å². The van der Waals surface area contributed by atoms with Crippen LogP contribution in [0.15, 0.2) is 16.8 Å². The van der Waals surface area contributed by atoms with E-state index in [0.717, 1.165) is 6.29 Å². The van der Waals surface area contributed by atoms with Gasteiger partial charge in [-0.3, -0.25) is 4.79 Å². The number of carbonyl (C=O) groups is 1. The van der Waals surface area contributed by atoms with Gasteiger partial charge >= 0.3 is 0 Å². The summed E-state index contributed by atoms with van der Waals surface area (Å²) in [5, 5.41) is 3.49. The molecule has 0 spiro atoms. The van der Waals surface area contributed by atoms with Crippen LogP contribution in [0.4, 0.5) is 0 Å². The minimum atomic E-state index is -0.343. The molecule has 0 aromatic rings. The molecule has 0 aliphatic carbocycles. The van der Waals surface area contributed by atoms with Gasteiger partial charge in [-0.05, 0) is 18.0 Å². The molecular weight excluding hydrogens is 198 g/mol. The van der Waals surface area contributed by atoms with Crippen LogP contribution in [0.3, 0.4) is 0 Å². The summed E-state index contributed by atoms with van der Waals surface area (Å²) in [7, 11) is 0. The van der Waals surface area contributed by atoms with Crippen molar-refractivity contribution in [3.05, 3.63) is 22.1 Å². The topological polar surface area (TPSA) is 84.3 Å². The molecule has 1 saturated heterocycles. The smallest absolute Gasteiger partial charge is 0.161 e. The lowest BCUT2D eigenvalue weighted by atomic mass is 10.2. The van der Waals surface area contributed by atoms with Crippen molar-refractivity contribution in [3.8, 4) is 0 Å². The van der Waals surface area contributed by atoms with E-state index >= 15 is 0 Å². The standard InChI is InChI=1S/C9H13N3O3/c1-7(4-13)2-3-9-14-5-8(6-15-9)11-12-10/h2,4,8-9H,3,5-6H2,1H3/b7-2+. The number of rotatable bonds is 4. The Morgan fingerprint density at radius 2 is 2.27 bits per heavy atom. The number of hydrogen-bond donors (Lipinski definition) is 0. The molecule has 0 amide bonds. The largest absolute Gasteiger partial charge is 0.352 e. The highest BCUT2D eigenvalue weighted by Crippen LogP contribution is 2.12. The van der Waals surface area contributed by atoms with E-state index in [-0.39, 0.29) is 12.3 Å². The van der Waals surface area contributed by atoms with Crippen LogP contribution in [0.25, 0.3) is 10.4 Å². The van der Waals surface area contributed by atoms with Crippen LogP contribution in [0, 0.1) is 0 Å². The fraction of sp³-hybridized carbons (Fsp3) is 0.667. The van der Waals surface area contributed by atoms with E-state index in [1.54, 1.807) is 13.0 Å². The normalized spacial score (nSPS) is 26.9. The first kappa shape index (κ1) is 11.7. The Morgan fingerprint density at radius 3 is 2.80 bits per heavy atom. The van der Waals surface area contributed by atoms with Crippen LogP contribution in [0.5, 0.6) is 0 Å². The second-order valence-corrected chi connectivity index (χ2v) is 3.26. The van der Waals surface area contributed by atoms with E-state index in [9.17, 15) is 4.79 Å². The van der Waals surface area contributed by atoms with Gasteiger partial charge in [0.25, 0.3) is 0 Å². The Hall–Kier alpha value is -1.36. The number of allylic oxidation sites excluding steroid dienone is 1. The average molecular weight is 211 g/mol. The van der Waals surface area contributed by atoms with E-state index in [4.69, 9.17) is 15.0 Å².